The molecule has 2 bridgehead atoms. The number of ether oxygens (including phenoxy) is 2. The molecular weight excluding hydrogens is 348 g/mol. The molecule has 2 rings (SSSR count). The SMILES string of the molecule is C=C(C)[C@H]1C/C=C2\C(=O)OC(C/C(C)=C/C(=O)[C@@H](OCC)CC(=O)C1)[C@H]2O. The number of aliphatic hydroxyl groups is 1. The topological polar surface area (TPSA) is 89.9 Å². The number of carbonyl (C=O) groups excluding carboxylic acids is 3. The van der Waals surface area contributed by atoms with E-state index in [2.05, 4.69) is 6.58 Å². The predicted octanol–water partition coefficient (Wildman–Crippen LogP) is 2.46. The van der Waals surface area contributed by atoms with Crippen LogP contribution in [0.25, 0.3) is 0 Å². The van der Waals surface area contributed by atoms with Crippen LogP contribution in [-0.2, 0) is 23.9 Å². The molecule has 1 aliphatic carbocycles. The van der Waals surface area contributed by atoms with Crippen LogP contribution in [0.4, 0.5) is 0 Å². The highest BCUT2D eigenvalue weighted by Gasteiger charge is 2.38. The summed E-state index contributed by atoms with van der Waals surface area (Å²) in [6.07, 6.45) is 1.32. The molecule has 27 heavy (non-hydrogen) atoms. The van der Waals surface area contributed by atoms with Gasteiger partial charge in [-0.15, -0.1) is 0 Å². The van der Waals surface area contributed by atoms with Crippen LogP contribution in [0, 0.1) is 5.92 Å². The third-order valence-electron chi connectivity index (χ3n) is 4.97. The minimum Gasteiger partial charge on any atom is -0.455 e. The smallest absolute Gasteiger partial charge is 0.336 e. The quantitative estimate of drug-likeness (QED) is 0.601. The lowest BCUT2D eigenvalue weighted by molar-refractivity contribution is -0.139. The number of allylic oxidation sites excluding steroid dienone is 2. The van der Waals surface area contributed by atoms with Gasteiger partial charge in [0.1, 0.15) is 24.1 Å². The summed E-state index contributed by atoms with van der Waals surface area (Å²) < 4.78 is 10.8. The molecule has 2 aliphatic rings. The van der Waals surface area contributed by atoms with Crippen molar-refractivity contribution in [2.45, 2.75) is 64.8 Å². The second-order valence-electron chi connectivity index (χ2n) is 7.32. The van der Waals surface area contributed by atoms with Gasteiger partial charge >= 0.3 is 5.97 Å². The fraction of sp³-hybridized carbons (Fsp3) is 0.571. The summed E-state index contributed by atoms with van der Waals surface area (Å²) in [5, 5.41) is 10.4. The van der Waals surface area contributed by atoms with Gasteiger partial charge < -0.3 is 14.6 Å². The van der Waals surface area contributed by atoms with Crippen LogP contribution in [0.1, 0.15) is 46.5 Å². The van der Waals surface area contributed by atoms with Gasteiger partial charge in [-0.1, -0.05) is 23.8 Å². The lowest BCUT2D eigenvalue weighted by Gasteiger charge is -2.19. The minimum absolute atomic E-state index is 0.0122. The molecule has 0 aromatic heterocycles. The van der Waals surface area contributed by atoms with Crippen molar-refractivity contribution in [2.75, 3.05) is 6.61 Å². The summed E-state index contributed by atoms with van der Waals surface area (Å²) in [5.74, 6) is -1.12. The van der Waals surface area contributed by atoms with E-state index in [1.807, 2.05) is 6.92 Å². The molecule has 0 aromatic rings. The third kappa shape index (κ3) is 5.47. The Morgan fingerprint density at radius 2 is 2.00 bits per heavy atom. The molecule has 1 heterocycles. The van der Waals surface area contributed by atoms with Gasteiger partial charge in [-0.2, -0.15) is 0 Å². The standard InChI is InChI=1S/C21H28O6/c1-5-26-18-11-15(22)10-14(12(2)3)6-7-16-20(24)19(27-21(16)25)9-13(4)8-17(18)23/h7-8,14,18-20,24H,2,5-6,9-11H2,1,3-4H3/b13-8+,16-7-/t14-,18-,19?,20-/m0/s1. The summed E-state index contributed by atoms with van der Waals surface area (Å²) in [7, 11) is 0. The average Bonchev–Trinajstić information content (AvgIpc) is 2.83. The van der Waals surface area contributed by atoms with Crippen LogP contribution in [-0.4, -0.2) is 47.6 Å². The van der Waals surface area contributed by atoms with Crippen LogP contribution < -0.4 is 0 Å². The molecule has 1 unspecified atom stereocenters. The number of carbonyl (C=O) groups is 3. The van der Waals surface area contributed by atoms with Crippen LogP contribution in [0.15, 0.2) is 35.5 Å². The Labute approximate surface area is 159 Å². The Morgan fingerprint density at radius 3 is 2.63 bits per heavy atom. The molecule has 6 heteroatoms. The van der Waals surface area contributed by atoms with Crippen molar-refractivity contribution in [2.24, 2.45) is 5.92 Å². The zero-order valence-corrected chi connectivity index (χ0v) is 16.2. The number of fused-ring (bicyclic) bond motifs is 2. The maximum Gasteiger partial charge on any atom is 0.336 e. The second-order valence-corrected chi connectivity index (χ2v) is 7.32. The number of rotatable bonds is 3. The van der Waals surface area contributed by atoms with Crippen molar-refractivity contribution in [3.05, 3.63) is 35.5 Å². The fourth-order valence-electron chi connectivity index (χ4n) is 3.40. The molecule has 0 saturated carbocycles. The van der Waals surface area contributed by atoms with Gasteiger partial charge in [-0.25, -0.2) is 4.79 Å². The Kier molecular flexibility index (Phi) is 7.27. The van der Waals surface area contributed by atoms with Gasteiger partial charge in [-0.05, 0) is 39.2 Å². The van der Waals surface area contributed by atoms with Crippen LogP contribution in [0.3, 0.4) is 0 Å². The monoisotopic (exact) mass is 376 g/mol. The van der Waals surface area contributed by atoms with Crippen molar-refractivity contribution in [1.82, 2.24) is 0 Å². The molecule has 4 atom stereocenters. The number of aliphatic hydroxyl groups excluding tert-OH is 1. The second kappa shape index (κ2) is 9.24. The minimum atomic E-state index is -1.05. The van der Waals surface area contributed by atoms with E-state index in [0.717, 1.165) is 5.57 Å². The highest BCUT2D eigenvalue weighted by atomic mass is 16.6. The van der Waals surface area contributed by atoms with E-state index in [4.69, 9.17) is 9.47 Å². The fourth-order valence-corrected chi connectivity index (χ4v) is 3.40. The summed E-state index contributed by atoms with van der Waals surface area (Å²) in [6.45, 7) is 9.58. The number of hydrogen-bond donors (Lipinski definition) is 1. The van der Waals surface area contributed by atoms with Crippen molar-refractivity contribution in [1.29, 1.82) is 0 Å². The van der Waals surface area contributed by atoms with Gasteiger partial charge in [-0.3, -0.25) is 9.59 Å². The van der Waals surface area contributed by atoms with Gasteiger partial charge in [0.2, 0.25) is 0 Å². The first-order chi connectivity index (χ1) is 12.7. The van der Waals surface area contributed by atoms with Gasteiger partial charge in [0, 0.05) is 25.9 Å². The molecule has 0 spiro atoms. The third-order valence-corrected chi connectivity index (χ3v) is 4.97. The number of esters is 1. The lowest BCUT2D eigenvalue weighted by Crippen LogP contribution is -2.28. The van der Waals surface area contributed by atoms with E-state index in [1.54, 1.807) is 19.9 Å². The van der Waals surface area contributed by atoms with Crippen LogP contribution in [0.2, 0.25) is 0 Å². The first-order valence-corrected chi connectivity index (χ1v) is 9.31. The normalized spacial score (nSPS) is 34.1. The van der Waals surface area contributed by atoms with E-state index in [0.29, 0.717) is 18.6 Å². The van der Waals surface area contributed by atoms with Crippen LogP contribution >= 0.6 is 0 Å². The van der Waals surface area contributed by atoms with Gasteiger partial charge in [0.25, 0.3) is 0 Å². The van der Waals surface area contributed by atoms with Crippen molar-refractivity contribution >= 4 is 17.5 Å². The highest BCUT2D eigenvalue weighted by Crippen LogP contribution is 2.29. The van der Waals surface area contributed by atoms with Crippen molar-refractivity contribution < 1.29 is 29.0 Å². The van der Waals surface area contributed by atoms with Crippen LogP contribution in [0.5, 0.6) is 0 Å². The molecule has 0 radical (unpaired) electrons. The van der Waals surface area contributed by atoms with Crippen molar-refractivity contribution in [3.63, 3.8) is 0 Å². The maximum absolute atomic E-state index is 12.5. The summed E-state index contributed by atoms with van der Waals surface area (Å²) in [6, 6.07) is 0. The largest absolute Gasteiger partial charge is 0.455 e. The molecular formula is C21H28O6. The molecule has 1 saturated heterocycles. The Bertz CT molecular complexity index is 687. The number of ketones is 2. The number of Topliss-reactive ketones (excluding diaryl/α,β-unsaturated/α-hetero) is 1. The predicted molar refractivity (Wildman–Crippen MR) is 99.9 cm³/mol. The van der Waals surface area contributed by atoms with Gasteiger partial charge in [0.05, 0.1) is 5.57 Å². The van der Waals surface area contributed by atoms with E-state index in [-0.39, 0.29) is 42.3 Å². The van der Waals surface area contributed by atoms with Gasteiger partial charge in [0.15, 0.2) is 5.78 Å². The number of hydrogen-bond acceptors (Lipinski definition) is 6. The summed E-state index contributed by atoms with van der Waals surface area (Å²) in [4.78, 5) is 37.2. The lowest BCUT2D eigenvalue weighted by atomic mass is 9.88. The molecule has 1 N–H and O–H groups in total. The van der Waals surface area contributed by atoms with Crippen molar-refractivity contribution in [3.8, 4) is 0 Å². The molecule has 0 amide bonds. The zero-order chi connectivity index (χ0) is 20.1. The molecule has 0 aromatic carbocycles. The average molecular weight is 376 g/mol. The van der Waals surface area contributed by atoms with E-state index >= 15 is 0 Å². The first-order valence-electron chi connectivity index (χ1n) is 9.31. The summed E-state index contributed by atoms with van der Waals surface area (Å²) >= 11 is 0. The first kappa shape index (κ1) is 21.3. The van der Waals surface area contributed by atoms with E-state index < -0.39 is 24.3 Å². The Morgan fingerprint density at radius 1 is 1.30 bits per heavy atom. The molecule has 1 fully saturated rings. The zero-order valence-electron chi connectivity index (χ0n) is 16.2. The Balaban J connectivity index is 2.36. The van der Waals surface area contributed by atoms with E-state index in [1.165, 1.54) is 6.08 Å². The highest BCUT2D eigenvalue weighted by molar-refractivity contribution is 5.97. The molecule has 6 nitrogen and oxygen atoms in total. The summed E-state index contributed by atoms with van der Waals surface area (Å²) in [5.41, 5.74) is 1.67. The maximum atomic E-state index is 12.5. The molecule has 1 aliphatic heterocycles. The Hall–Kier alpha value is -2.05. The molecule has 148 valence electrons. The van der Waals surface area contributed by atoms with E-state index in [9.17, 15) is 19.5 Å².